The van der Waals surface area contributed by atoms with Crippen molar-refractivity contribution < 1.29 is 61.1 Å². The summed E-state index contributed by atoms with van der Waals surface area (Å²) in [7, 11) is -0.407. The number of anilines is 3. The molecule has 510 valence electrons. The summed E-state index contributed by atoms with van der Waals surface area (Å²) >= 11 is 0. The van der Waals surface area contributed by atoms with E-state index in [4.69, 9.17) is 5.73 Å². The van der Waals surface area contributed by atoms with Crippen LogP contribution in [0.2, 0.25) is 0 Å². The molecule has 8 atom stereocenters. The highest BCUT2D eigenvalue weighted by Gasteiger charge is 2.48. The second-order valence-corrected chi connectivity index (χ2v) is 26.2. The van der Waals surface area contributed by atoms with Crippen LogP contribution in [0, 0.1) is 23.7 Å². The summed E-state index contributed by atoms with van der Waals surface area (Å²) in [5, 5.41) is 9.40. The van der Waals surface area contributed by atoms with Crippen LogP contribution in [-0.4, -0.2) is 191 Å². The number of piperidine rings is 3. The Morgan fingerprint density at radius 1 is 0.463 bits per heavy atom. The van der Waals surface area contributed by atoms with E-state index >= 15 is 0 Å². The van der Waals surface area contributed by atoms with Crippen molar-refractivity contribution in [3.63, 3.8) is 0 Å². The number of nitrogens with two attached hydrogens (primary N) is 1. The van der Waals surface area contributed by atoms with Crippen LogP contribution in [0.3, 0.4) is 0 Å². The molecule has 0 radical (unpaired) electrons. The van der Waals surface area contributed by atoms with Gasteiger partial charge in [0.25, 0.3) is 0 Å². The summed E-state index contributed by atoms with van der Waals surface area (Å²) < 4.78 is 180. The lowest BCUT2D eigenvalue weighted by molar-refractivity contribution is -0.187. The minimum atomic E-state index is -4.50. The summed E-state index contributed by atoms with van der Waals surface area (Å²) in [4.78, 5) is 51.8. The van der Waals surface area contributed by atoms with Gasteiger partial charge in [-0.1, -0.05) is 6.42 Å². The number of sulfonamides is 1. The Labute approximate surface area is 537 Å². The molecule has 0 bridgehead atoms. The molecule has 21 nitrogen and oxygen atoms in total. The zero-order chi connectivity index (χ0) is 68.0. The van der Waals surface area contributed by atoms with Gasteiger partial charge in [0.15, 0.2) is 16.9 Å². The first-order chi connectivity index (χ1) is 44.9. The van der Waals surface area contributed by atoms with E-state index in [0.717, 1.165) is 27.2 Å². The molecule has 34 heteroatoms. The topological polar surface area (TPSA) is 269 Å². The molecular weight excluding hydrogens is 1290 g/mol. The maximum absolute atomic E-state index is 13.4. The number of nitrogens with one attached hydrogen (secondary N) is 6. The zero-order valence-electron chi connectivity index (χ0n) is 51.4. The molecule has 3 aliphatic heterocycles. The number of rotatable bonds is 10. The Bertz CT molecular complexity index is 4120. The lowest BCUT2D eigenvalue weighted by atomic mass is 9.85. The maximum Gasteiger partial charge on any atom is 0.393 e. The quantitative estimate of drug-likeness (QED) is 0.0627. The fourth-order valence-electron chi connectivity index (χ4n) is 12.2. The predicted molar refractivity (Wildman–Crippen MR) is 333 cm³/mol. The Morgan fingerprint density at radius 2 is 0.832 bits per heavy atom. The second kappa shape index (κ2) is 28.9. The number of halogens is 12. The number of nitrogens with zero attached hydrogens (tertiary/aromatic N) is 12. The van der Waals surface area contributed by atoms with Gasteiger partial charge < -0.3 is 46.4 Å². The van der Waals surface area contributed by atoms with Crippen LogP contribution >= 0.6 is 0 Å². The summed E-state index contributed by atoms with van der Waals surface area (Å²) in [5.41, 5.74) is 13.3. The highest BCUT2D eigenvalue weighted by atomic mass is 32.2. The van der Waals surface area contributed by atoms with E-state index < -0.39 is 71.0 Å². The van der Waals surface area contributed by atoms with Crippen LogP contribution in [0.15, 0.2) is 110 Å². The van der Waals surface area contributed by atoms with E-state index in [9.17, 15) is 61.1 Å². The average Bonchev–Trinajstić information content (AvgIpc) is 1.62. The van der Waals surface area contributed by atoms with Gasteiger partial charge in [-0.15, -0.1) is 0 Å². The van der Waals surface area contributed by atoms with Crippen molar-refractivity contribution in [1.82, 2.24) is 73.9 Å². The number of pyridine rings is 3. The third-order valence-corrected chi connectivity index (χ3v) is 18.0. The predicted octanol–water partition coefficient (Wildman–Crippen LogP) is 11.3. The fraction of sp³-hybridized carbons (Fsp3) is 0.459. The van der Waals surface area contributed by atoms with E-state index in [1.807, 2.05) is 24.3 Å². The average molecular weight is 1360 g/mol. The first-order valence-corrected chi connectivity index (χ1v) is 32.2. The number of H-pyrrole nitrogens is 3. The van der Waals surface area contributed by atoms with E-state index in [0.29, 0.717) is 94.1 Å². The van der Waals surface area contributed by atoms with Gasteiger partial charge in [0, 0.05) is 117 Å². The molecule has 8 N–H and O–H groups in total. The third kappa shape index (κ3) is 18.2. The number of hydrogen-bond acceptors (Lipinski definition) is 17. The number of hydrogen-bond donors (Lipinski definition) is 7. The smallest absolute Gasteiger partial charge is 0.367 e. The molecule has 13 rings (SSSR count). The highest BCUT2D eigenvalue weighted by molar-refractivity contribution is 7.88. The highest BCUT2D eigenvalue weighted by Crippen LogP contribution is 2.41. The van der Waals surface area contributed by atoms with Crippen LogP contribution in [0.5, 0.6) is 0 Å². The maximum atomic E-state index is 13.4. The Kier molecular flexibility index (Phi) is 21.2. The molecule has 4 aliphatic rings. The van der Waals surface area contributed by atoms with Gasteiger partial charge in [-0.05, 0) is 107 Å². The monoisotopic (exact) mass is 1360 g/mol. The summed E-state index contributed by atoms with van der Waals surface area (Å²) in [6.07, 6.45) is 0.113. The largest absolute Gasteiger partial charge is 0.393 e. The molecular formula is C61H69F12N19O2S. The van der Waals surface area contributed by atoms with Crippen LogP contribution in [-0.2, 0) is 10.0 Å². The van der Waals surface area contributed by atoms with Gasteiger partial charge in [0.2, 0.25) is 10.0 Å². The third-order valence-electron chi connectivity index (χ3n) is 16.8. The van der Waals surface area contributed by atoms with Gasteiger partial charge in [-0.2, -0.15) is 57.0 Å². The van der Waals surface area contributed by atoms with Crippen molar-refractivity contribution in [1.29, 1.82) is 0 Å². The van der Waals surface area contributed by atoms with Crippen molar-refractivity contribution in [2.75, 3.05) is 75.6 Å². The molecule has 95 heavy (non-hydrogen) atoms. The fourth-order valence-corrected chi connectivity index (χ4v) is 13.1. The summed E-state index contributed by atoms with van der Waals surface area (Å²) in [5.74, 6) is -4.22. The van der Waals surface area contributed by atoms with Crippen LogP contribution in [0.25, 0.3) is 67.3 Å². The molecule has 0 unspecified atom stereocenters. The van der Waals surface area contributed by atoms with Gasteiger partial charge in [-0.3, -0.25) is 0 Å². The molecule has 1 aliphatic carbocycles. The lowest BCUT2D eigenvalue weighted by Gasteiger charge is -2.37. The standard InChI is InChI=1S/C18H19F3N6O2S.C18H19F3N6.C18H18F3N5.C7H13F3N2/c1-30(28,29)27-9-11(18(19,20)21)7-12(10-27)25-16-13(3-2-5-22-16)15-8-24-17-14(26-15)4-6-23-17;1-27-9-11(18(19,20)21)7-12(10-27)25-16-13(3-2-5-22-16)15-8-24-17-14(26-15)4-6-23-17;19-18(20,21)11-3-1-4-12(9-11)25-16-13(5-2-7-22-16)15-10-24-17-14(26-15)6-8-23-17;1-12-3-5(7(8,9)10)2-6(11)4-12/h2-6,8,11-12H,7,9-10H2,1H3,(H,22,25)(H,23,24);2-6,8,11-12H,7,9-10H2,1H3,(H,22,25)(H,23,24);2,5-8,10-12H,1,3-4,9H2,(H,22,25)(H,23,24);5-6H,2-4,11H2,1H3/t3*11-,12-;5-,6-/m0011/s1. The van der Waals surface area contributed by atoms with E-state index in [-0.39, 0.29) is 69.9 Å². The van der Waals surface area contributed by atoms with Crippen molar-refractivity contribution in [3.05, 3.63) is 110 Å². The summed E-state index contributed by atoms with van der Waals surface area (Å²) in [6.45, 7) is 0.524. The van der Waals surface area contributed by atoms with E-state index in [1.165, 1.54) is 6.20 Å². The Morgan fingerprint density at radius 3 is 1.23 bits per heavy atom. The number of likely N-dealkylation sites (N-methyl/N-ethyl adjacent to an activating group) is 2. The van der Waals surface area contributed by atoms with Crippen molar-refractivity contribution in [3.8, 4) is 33.8 Å². The summed E-state index contributed by atoms with van der Waals surface area (Å²) in [6, 6.07) is 14.3. The normalized spacial score (nSPS) is 22.8. The van der Waals surface area contributed by atoms with Crippen molar-refractivity contribution >= 4 is 61.0 Å². The number of aromatic amines is 3. The van der Waals surface area contributed by atoms with E-state index in [2.05, 4.69) is 75.8 Å². The molecule has 0 aromatic carbocycles. The molecule has 0 spiro atoms. The Balaban J connectivity index is 0.000000143. The second-order valence-electron chi connectivity index (χ2n) is 24.2. The first-order valence-electron chi connectivity index (χ1n) is 30.3. The van der Waals surface area contributed by atoms with Crippen LogP contribution in [0.1, 0.15) is 44.9 Å². The van der Waals surface area contributed by atoms with Gasteiger partial charge in [0.05, 0.1) is 65.6 Å². The first kappa shape index (κ1) is 69.5. The Hall–Kier alpha value is -8.34. The molecule has 1 saturated carbocycles. The minimum Gasteiger partial charge on any atom is -0.367 e. The molecule has 9 aromatic rings. The number of likely N-dealkylation sites (tertiary alicyclic amines) is 2. The molecule has 12 heterocycles. The molecule has 3 saturated heterocycles. The SMILES string of the molecule is CN1C[C@@H](Nc2ncccc2-c2cnc3[nH]ccc3n2)C[C@H](C(F)(F)F)C1.CN1C[C@H](N)C[C@@H](C(F)(F)F)C1.CS(=O)(=O)N1C[C@@H](Nc2ncccc2-c2cnc3[nH]ccc3n2)C[C@H](C(F)(F)F)C1.FC(F)(F)[C@@H]1CCC[C@@H](Nc2ncccc2-c2cnc3[nH]ccc3n2)C1. The van der Waals surface area contributed by atoms with Gasteiger partial charge in [0.1, 0.15) is 34.0 Å². The van der Waals surface area contributed by atoms with Crippen LogP contribution in [0.4, 0.5) is 70.1 Å². The number of alkyl halides is 12. The molecule has 4 fully saturated rings. The molecule has 9 aromatic heterocycles. The van der Waals surface area contributed by atoms with E-state index in [1.54, 1.807) is 104 Å². The van der Waals surface area contributed by atoms with Crippen molar-refractivity contribution in [2.24, 2.45) is 29.4 Å². The van der Waals surface area contributed by atoms with Crippen LogP contribution < -0.4 is 21.7 Å². The van der Waals surface area contributed by atoms with Gasteiger partial charge in [-0.25, -0.2) is 53.3 Å². The zero-order valence-corrected chi connectivity index (χ0v) is 52.2. The lowest BCUT2D eigenvalue weighted by Crippen LogP contribution is -2.52. The number of aromatic nitrogens is 12. The number of fused-ring (bicyclic) bond motifs is 3. The van der Waals surface area contributed by atoms with Gasteiger partial charge >= 0.3 is 24.7 Å². The minimum absolute atomic E-state index is 0.0202. The van der Waals surface area contributed by atoms with Crippen molar-refractivity contribution in [2.45, 2.75) is 93.8 Å². The molecule has 0 amide bonds.